The van der Waals surface area contributed by atoms with Crippen molar-refractivity contribution in [1.82, 2.24) is 9.55 Å². The van der Waals surface area contributed by atoms with E-state index in [2.05, 4.69) is 32.0 Å². The van der Waals surface area contributed by atoms with E-state index in [-0.39, 0.29) is 5.56 Å². The molecule has 0 spiro atoms. The summed E-state index contributed by atoms with van der Waals surface area (Å²) in [7, 11) is 3.19. The molecular formula is C25H24N2O3S. The summed E-state index contributed by atoms with van der Waals surface area (Å²) in [5.74, 6) is 1.91. The lowest BCUT2D eigenvalue weighted by atomic mass is 10.1. The number of aromatic nitrogens is 2. The molecule has 0 saturated carbocycles. The minimum atomic E-state index is -0.139. The van der Waals surface area contributed by atoms with Gasteiger partial charge in [0.15, 0.2) is 5.16 Å². The lowest BCUT2D eigenvalue weighted by Gasteiger charge is -2.17. The first-order valence-electron chi connectivity index (χ1n) is 9.95. The third-order valence-corrected chi connectivity index (χ3v) is 6.32. The minimum Gasteiger partial charge on any atom is -0.497 e. The Balaban J connectivity index is 1.88. The number of aryl methyl sites for hydroxylation is 2. The fraction of sp³-hybridized carbons (Fsp3) is 0.200. The van der Waals surface area contributed by atoms with Gasteiger partial charge in [-0.25, -0.2) is 4.98 Å². The molecule has 0 saturated heterocycles. The summed E-state index contributed by atoms with van der Waals surface area (Å²) < 4.78 is 12.6. The number of hydrogen-bond acceptors (Lipinski definition) is 5. The molecule has 3 aromatic carbocycles. The van der Waals surface area contributed by atoms with Gasteiger partial charge in [0, 0.05) is 11.8 Å². The number of methoxy groups -OCH3 is 2. The van der Waals surface area contributed by atoms with Gasteiger partial charge >= 0.3 is 0 Å². The van der Waals surface area contributed by atoms with E-state index in [1.54, 1.807) is 37.0 Å². The topological polar surface area (TPSA) is 53.4 Å². The van der Waals surface area contributed by atoms with Crippen LogP contribution in [0.1, 0.15) is 16.7 Å². The molecule has 0 radical (unpaired) electrons. The average molecular weight is 433 g/mol. The molecule has 0 fully saturated rings. The number of para-hydroxylation sites is 1. The van der Waals surface area contributed by atoms with Crippen LogP contribution in [0.3, 0.4) is 0 Å². The van der Waals surface area contributed by atoms with Crippen LogP contribution in [0.4, 0.5) is 0 Å². The molecule has 4 rings (SSSR count). The minimum absolute atomic E-state index is 0.139. The standard InChI is InChI=1S/C25H24N2O3S/c1-16-9-10-18(13-17(16)2)15-31-25-26-21-8-6-5-7-20(21)24(28)27(25)22-14-19(29-3)11-12-23(22)30-4/h5-14H,15H2,1-4H3. The van der Waals surface area contributed by atoms with Crippen molar-refractivity contribution in [3.8, 4) is 17.2 Å². The molecule has 1 aromatic heterocycles. The fourth-order valence-electron chi connectivity index (χ4n) is 3.43. The highest BCUT2D eigenvalue weighted by Crippen LogP contribution is 2.31. The summed E-state index contributed by atoms with van der Waals surface area (Å²) in [6.07, 6.45) is 0. The number of ether oxygens (including phenoxy) is 2. The van der Waals surface area contributed by atoms with Crippen LogP contribution < -0.4 is 15.0 Å². The maximum Gasteiger partial charge on any atom is 0.266 e. The summed E-state index contributed by atoms with van der Waals surface area (Å²) >= 11 is 1.53. The van der Waals surface area contributed by atoms with Crippen molar-refractivity contribution in [2.45, 2.75) is 24.8 Å². The molecule has 0 N–H and O–H groups in total. The average Bonchev–Trinajstić information content (AvgIpc) is 2.79. The van der Waals surface area contributed by atoms with E-state index in [9.17, 15) is 4.79 Å². The Kier molecular flexibility index (Phi) is 6.00. The van der Waals surface area contributed by atoms with Gasteiger partial charge in [-0.3, -0.25) is 9.36 Å². The molecule has 0 aliphatic rings. The lowest BCUT2D eigenvalue weighted by Crippen LogP contribution is -2.22. The molecule has 31 heavy (non-hydrogen) atoms. The summed E-state index contributed by atoms with van der Waals surface area (Å²) in [6, 6.07) is 19.2. The van der Waals surface area contributed by atoms with Gasteiger partial charge < -0.3 is 9.47 Å². The zero-order chi connectivity index (χ0) is 22.0. The maximum absolute atomic E-state index is 13.5. The Morgan fingerprint density at radius 3 is 2.48 bits per heavy atom. The largest absolute Gasteiger partial charge is 0.497 e. The Hall–Kier alpha value is -3.25. The van der Waals surface area contributed by atoms with Crippen molar-refractivity contribution < 1.29 is 9.47 Å². The molecule has 4 aromatic rings. The first-order valence-corrected chi connectivity index (χ1v) is 10.9. The van der Waals surface area contributed by atoms with Gasteiger partial charge in [-0.05, 0) is 54.8 Å². The molecule has 1 heterocycles. The Morgan fingerprint density at radius 1 is 0.935 bits per heavy atom. The van der Waals surface area contributed by atoms with Crippen LogP contribution in [0.2, 0.25) is 0 Å². The van der Waals surface area contributed by atoms with Crippen molar-refractivity contribution >= 4 is 22.7 Å². The van der Waals surface area contributed by atoms with Crippen LogP contribution in [0, 0.1) is 13.8 Å². The van der Waals surface area contributed by atoms with E-state index in [1.165, 1.54) is 28.5 Å². The van der Waals surface area contributed by atoms with Gasteiger partial charge in [-0.1, -0.05) is 42.1 Å². The van der Waals surface area contributed by atoms with E-state index in [0.29, 0.717) is 39.0 Å². The number of benzene rings is 3. The number of nitrogens with zero attached hydrogens (tertiary/aromatic N) is 2. The van der Waals surface area contributed by atoms with Gasteiger partial charge in [0.05, 0.1) is 30.8 Å². The zero-order valence-corrected chi connectivity index (χ0v) is 18.8. The molecule has 0 aliphatic heterocycles. The van der Waals surface area contributed by atoms with Crippen molar-refractivity contribution in [2.24, 2.45) is 0 Å². The fourth-order valence-corrected chi connectivity index (χ4v) is 4.38. The summed E-state index contributed by atoms with van der Waals surface area (Å²) in [5, 5.41) is 1.16. The van der Waals surface area contributed by atoms with E-state index in [1.807, 2.05) is 24.3 Å². The highest BCUT2D eigenvalue weighted by molar-refractivity contribution is 7.98. The molecule has 0 aliphatic carbocycles. The summed E-state index contributed by atoms with van der Waals surface area (Å²) in [6.45, 7) is 4.21. The number of thioether (sulfide) groups is 1. The van der Waals surface area contributed by atoms with Crippen LogP contribution in [0.15, 0.2) is 70.6 Å². The van der Waals surface area contributed by atoms with Gasteiger partial charge in [-0.2, -0.15) is 0 Å². The summed E-state index contributed by atoms with van der Waals surface area (Å²) in [4.78, 5) is 18.4. The Morgan fingerprint density at radius 2 is 1.74 bits per heavy atom. The molecule has 0 amide bonds. The lowest BCUT2D eigenvalue weighted by molar-refractivity contribution is 0.400. The van der Waals surface area contributed by atoms with Crippen LogP contribution in [-0.4, -0.2) is 23.8 Å². The van der Waals surface area contributed by atoms with Gasteiger partial charge in [-0.15, -0.1) is 0 Å². The molecule has 0 atom stereocenters. The van der Waals surface area contributed by atoms with Crippen LogP contribution >= 0.6 is 11.8 Å². The van der Waals surface area contributed by atoms with Gasteiger partial charge in [0.25, 0.3) is 5.56 Å². The van der Waals surface area contributed by atoms with Crippen LogP contribution in [0.25, 0.3) is 16.6 Å². The van der Waals surface area contributed by atoms with Gasteiger partial charge in [0.2, 0.25) is 0 Å². The first-order chi connectivity index (χ1) is 15.0. The SMILES string of the molecule is COc1ccc(OC)c(-n2c(SCc3ccc(C)c(C)c3)nc3ccccc3c2=O)c1. The van der Waals surface area contributed by atoms with Crippen LogP contribution in [0.5, 0.6) is 11.5 Å². The number of hydrogen-bond donors (Lipinski definition) is 0. The first kappa shape index (κ1) is 21.0. The molecular weight excluding hydrogens is 408 g/mol. The second kappa shape index (κ2) is 8.86. The highest BCUT2D eigenvalue weighted by Gasteiger charge is 2.17. The number of rotatable bonds is 6. The quantitative estimate of drug-likeness (QED) is 0.305. The van der Waals surface area contributed by atoms with Crippen molar-refractivity contribution in [1.29, 1.82) is 0 Å². The second-order valence-electron chi connectivity index (χ2n) is 7.30. The molecule has 0 bridgehead atoms. The smallest absolute Gasteiger partial charge is 0.266 e. The van der Waals surface area contributed by atoms with Gasteiger partial charge in [0.1, 0.15) is 11.5 Å². The molecule has 6 heteroatoms. The van der Waals surface area contributed by atoms with Crippen LogP contribution in [-0.2, 0) is 5.75 Å². The Labute approximate surface area is 185 Å². The predicted octanol–water partition coefficient (Wildman–Crippen LogP) is 5.31. The van der Waals surface area contributed by atoms with Crippen molar-refractivity contribution in [2.75, 3.05) is 14.2 Å². The normalized spacial score (nSPS) is 11.0. The Bertz CT molecular complexity index is 1310. The highest BCUT2D eigenvalue weighted by atomic mass is 32.2. The number of fused-ring (bicyclic) bond motifs is 1. The van der Waals surface area contributed by atoms with E-state index < -0.39 is 0 Å². The van der Waals surface area contributed by atoms with Crippen molar-refractivity contribution in [3.05, 3.63) is 87.7 Å². The molecule has 0 unspecified atom stereocenters. The predicted molar refractivity (Wildman–Crippen MR) is 126 cm³/mol. The second-order valence-corrected chi connectivity index (χ2v) is 8.24. The third kappa shape index (κ3) is 4.16. The zero-order valence-electron chi connectivity index (χ0n) is 18.0. The monoisotopic (exact) mass is 432 g/mol. The van der Waals surface area contributed by atoms with E-state index in [4.69, 9.17) is 14.5 Å². The maximum atomic E-state index is 13.5. The van der Waals surface area contributed by atoms with E-state index in [0.717, 1.165) is 0 Å². The van der Waals surface area contributed by atoms with Crippen molar-refractivity contribution in [3.63, 3.8) is 0 Å². The third-order valence-electron chi connectivity index (χ3n) is 5.31. The summed E-state index contributed by atoms with van der Waals surface area (Å²) in [5.41, 5.74) is 4.83. The van der Waals surface area contributed by atoms with E-state index >= 15 is 0 Å². The molecule has 158 valence electrons. The molecule has 5 nitrogen and oxygen atoms in total.